The Labute approximate surface area is 163 Å². The molecule has 0 saturated carbocycles. The van der Waals surface area contributed by atoms with E-state index in [1.165, 1.54) is 21.2 Å². The molecule has 0 aliphatic carbocycles. The van der Waals surface area contributed by atoms with Crippen molar-refractivity contribution in [2.24, 2.45) is 0 Å². The first-order valence-electron chi connectivity index (χ1n) is 8.94. The van der Waals surface area contributed by atoms with Gasteiger partial charge < -0.3 is 0 Å². The average Bonchev–Trinajstić information content (AvgIpc) is 2.77. The van der Waals surface area contributed by atoms with Crippen molar-refractivity contribution < 1.29 is 0 Å². The van der Waals surface area contributed by atoms with E-state index in [2.05, 4.69) is 121 Å². The van der Waals surface area contributed by atoms with Crippen molar-refractivity contribution in [2.45, 2.75) is 0 Å². The van der Waals surface area contributed by atoms with Gasteiger partial charge in [-0.1, -0.05) is 121 Å². The van der Waals surface area contributed by atoms with Crippen LogP contribution in [0.15, 0.2) is 121 Å². The fourth-order valence-corrected chi connectivity index (χ4v) is 7.65. The van der Waals surface area contributed by atoms with Crippen molar-refractivity contribution in [3.63, 3.8) is 0 Å². The number of rotatable bonds is 6. The average molecular weight is 384 g/mol. The van der Waals surface area contributed by atoms with E-state index >= 15 is 0 Å². The summed E-state index contributed by atoms with van der Waals surface area (Å²) in [7, 11) is -1.57. The van der Waals surface area contributed by atoms with Crippen molar-refractivity contribution in [3.05, 3.63) is 121 Å². The van der Waals surface area contributed by atoms with Crippen molar-refractivity contribution in [3.8, 4) is 0 Å². The molecule has 0 bridgehead atoms. The standard InChI is InChI=1S/C24H20NP2/c1-5-13-21(14-6-1)26(22-15-7-2-8-16-22)25-27(23-17-9-3-10-18-23)24-19-11-4-12-20-24/h1-20H. The SMILES string of the molecule is c1ccc(P([N]P(c2ccccc2)c2ccccc2)c2ccccc2)cc1. The van der Waals surface area contributed by atoms with E-state index in [4.69, 9.17) is 4.86 Å². The van der Waals surface area contributed by atoms with Crippen molar-refractivity contribution in [1.82, 2.24) is 4.86 Å². The summed E-state index contributed by atoms with van der Waals surface area (Å²) in [6.45, 7) is 0. The fraction of sp³-hybridized carbons (Fsp3) is 0. The van der Waals surface area contributed by atoms with Crippen LogP contribution in [0.5, 0.6) is 0 Å². The van der Waals surface area contributed by atoms with Gasteiger partial charge in [-0.05, 0) is 21.2 Å². The van der Waals surface area contributed by atoms with Crippen LogP contribution in [0, 0.1) is 0 Å². The van der Waals surface area contributed by atoms with E-state index in [0.717, 1.165) is 0 Å². The quantitative estimate of drug-likeness (QED) is 0.429. The highest BCUT2D eigenvalue weighted by Crippen LogP contribution is 2.44. The van der Waals surface area contributed by atoms with Gasteiger partial charge in [0.15, 0.2) is 0 Å². The Morgan fingerprint density at radius 2 is 0.556 bits per heavy atom. The topological polar surface area (TPSA) is 14.1 Å². The predicted molar refractivity (Wildman–Crippen MR) is 120 cm³/mol. The molecule has 4 aromatic carbocycles. The van der Waals surface area contributed by atoms with Gasteiger partial charge in [0.05, 0.1) is 0 Å². The molecule has 4 aromatic rings. The first-order chi connectivity index (χ1) is 13.4. The molecule has 0 aromatic heterocycles. The third kappa shape index (κ3) is 4.52. The zero-order valence-electron chi connectivity index (χ0n) is 14.9. The molecule has 0 unspecified atom stereocenters. The maximum absolute atomic E-state index is 5.49. The zero-order valence-corrected chi connectivity index (χ0v) is 16.7. The van der Waals surface area contributed by atoms with Gasteiger partial charge in [-0.3, -0.25) is 0 Å². The first-order valence-corrected chi connectivity index (χ1v) is 11.5. The highest BCUT2D eigenvalue weighted by atomic mass is 31.2. The van der Waals surface area contributed by atoms with Gasteiger partial charge in [-0.15, -0.1) is 0 Å². The number of hydrogen-bond acceptors (Lipinski definition) is 0. The summed E-state index contributed by atoms with van der Waals surface area (Å²) in [4.78, 5) is 5.49. The van der Waals surface area contributed by atoms with Crippen LogP contribution in [-0.4, -0.2) is 0 Å². The Morgan fingerprint density at radius 1 is 0.333 bits per heavy atom. The summed E-state index contributed by atoms with van der Waals surface area (Å²) in [5, 5.41) is 5.16. The van der Waals surface area contributed by atoms with Gasteiger partial charge in [0, 0.05) is 16.1 Å². The molecule has 0 amide bonds. The van der Waals surface area contributed by atoms with Crippen LogP contribution >= 0.6 is 16.1 Å². The van der Waals surface area contributed by atoms with Crippen LogP contribution < -0.4 is 26.1 Å². The maximum atomic E-state index is 5.49. The number of hydrogen-bond donors (Lipinski definition) is 0. The number of benzene rings is 4. The molecule has 1 radical (unpaired) electrons. The Bertz CT molecular complexity index is 785. The van der Waals surface area contributed by atoms with Crippen LogP contribution in [0.3, 0.4) is 0 Å². The fourth-order valence-electron chi connectivity index (χ4n) is 2.87. The van der Waals surface area contributed by atoms with Gasteiger partial charge in [-0.2, -0.15) is 4.86 Å². The summed E-state index contributed by atoms with van der Waals surface area (Å²) in [6, 6.07) is 42.7. The predicted octanol–water partition coefficient (Wildman–Crippen LogP) is 4.69. The van der Waals surface area contributed by atoms with Crippen LogP contribution in [0.2, 0.25) is 0 Å². The van der Waals surface area contributed by atoms with Crippen molar-refractivity contribution >= 4 is 37.4 Å². The van der Waals surface area contributed by atoms with Gasteiger partial charge in [0.25, 0.3) is 0 Å². The lowest BCUT2D eigenvalue weighted by Crippen LogP contribution is -2.23. The molecule has 131 valence electrons. The molecule has 0 heterocycles. The zero-order chi connectivity index (χ0) is 18.3. The van der Waals surface area contributed by atoms with Gasteiger partial charge in [-0.25, -0.2) is 0 Å². The second kappa shape index (κ2) is 9.07. The Hall–Kier alpha value is -2.30. The highest BCUT2D eigenvalue weighted by molar-refractivity contribution is 7.85. The van der Waals surface area contributed by atoms with E-state index < -0.39 is 16.1 Å². The minimum Gasteiger partial charge on any atom is -0.173 e. The van der Waals surface area contributed by atoms with Crippen LogP contribution in [0.1, 0.15) is 0 Å². The smallest absolute Gasteiger partial charge is 0.0497 e. The van der Waals surface area contributed by atoms with Crippen LogP contribution in [-0.2, 0) is 0 Å². The normalized spacial score (nSPS) is 11.0. The lowest BCUT2D eigenvalue weighted by Gasteiger charge is -2.25. The molecule has 0 aliphatic heterocycles. The Kier molecular flexibility index (Phi) is 6.07. The van der Waals surface area contributed by atoms with Crippen LogP contribution in [0.25, 0.3) is 0 Å². The molecular formula is C24H20NP2. The van der Waals surface area contributed by atoms with Crippen molar-refractivity contribution in [1.29, 1.82) is 0 Å². The van der Waals surface area contributed by atoms with Crippen molar-refractivity contribution in [2.75, 3.05) is 0 Å². The second-order valence-corrected chi connectivity index (χ2v) is 10.1. The molecule has 1 nitrogen and oxygen atoms in total. The van der Waals surface area contributed by atoms with Gasteiger partial charge in [0.1, 0.15) is 0 Å². The summed E-state index contributed by atoms with van der Waals surface area (Å²) in [6.07, 6.45) is 0. The van der Waals surface area contributed by atoms with Gasteiger partial charge in [0.2, 0.25) is 0 Å². The minimum atomic E-state index is -0.784. The molecule has 0 N–H and O–H groups in total. The van der Waals surface area contributed by atoms with E-state index in [1.807, 2.05) is 0 Å². The Morgan fingerprint density at radius 3 is 0.778 bits per heavy atom. The lowest BCUT2D eigenvalue weighted by molar-refractivity contribution is 1.59. The minimum absolute atomic E-state index is 0.784. The molecular weight excluding hydrogens is 364 g/mol. The third-order valence-corrected chi connectivity index (χ3v) is 8.76. The molecule has 0 atom stereocenters. The first kappa shape index (κ1) is 18.1. The van der Waals surface area contributed by atoms with E-state index in [9.17, 15) is 0 Å². The van der Waals surface area contributed by atoms with Gasteiger partial charge >= 0.3 is 0 Å². The summed E-state index contributed by atoms with van der Waals surface area (Å²) < 4.78 is 0. The molecule has 4 rings (SSSR count). The van der Waals surface area contributed by atoms with E-state index in [0.29, 0.717) is 0 Å². The third-order valence-electron chi connectivity index (χ3n) is 4.18. The summed E-state index contributed by atoms with van der Waals surface area (Å²) >= 11 is 0. The molecule has 27 heavy (non-hydrogen) atoms. The second-order valence-electron chi connectivity index (χ2n) is 6.06. The molecule has 0 fully saturated rings. The number of nitrogens with zero attached hydrogens (tertiary/aromatic N) is 1. The summed E-state index contributed by atoms with van der Waals surface area (Å²) in [5.74, 6) is 0. The van der Waals surface area contributed by atoms with E-state index in [1.54, 1.807) is 0 Å². The highest BCUT2D eigenvalue weighted by Gasteiger charge is 2.23. The maximum Gasteiger partial charge on any atom is 0.0497 e. The largest absolute Gasteiger partial charge is 0.173 e. The van der Waals surface area contributed by atoms with Crippen LogP contribution in [0.4, 0.5) is 0 Å². The molecule has 3 heteroatoms. The molecule has 0 saturated heterocycles. The van der Waals surface area contributed by atoms with E-state index in [-0.39, 0.29) is 0 Å². The molecule has 0 spiro atoms. The Balaban J connectivity index is 1.77. The molecule has 0 aliphatic rings. The lowest BCUT2D eigenvalue weighted by atomic mass is 10.4. The summed E-state index contributed by atoms with van der Waals surface area (Å²) in [5.41, 5.74) is 0. The monoisotopic (exact) mass is 384 g/mol.